The highest BCUT2D eigenvalue weighted by molar-refractivity contribution is 5.46. The van der Waals surface area contributed by atoms with E-state index in [0.29, 0.717) is 12.2 Å². The van der Waals surface area contributed by atoms with Crippen LogP contribution in [0.3, 0.4) is 0 Å². The van der Waals surface area contributed by atoms with Crippen LogP contribution in [0.15, 0.2) is 11.0 Å². The van der Waals surface area contributed by atoms with E-state index in [4.69, 9.17) is 9.47 Å². The van der Waals surface area contributed by atoms with Crippen molar-refractivity contribution in [2.45, 2.75) is 26.5 Å². The molecule has 0 aliphatic rings. The fourth-order valence-electron chi connectivity index (χ4n) is 1.62. The van der Waals surface area contributed by atoms with E-state index in [1.54, 1.807) is 18.6 Å². The van der Waals surface area contributed by atoms with Gasteiger partial charge in [-0.2, -0.15) is 0 Å². The summed E-state index contributed by atoms with van der Waals surface area (Å²) >= 11 is 0. The highest BCUT2D eigenvalue weighted by Crippen LogP contribution is 2.17. The fraction of sp³-hybridized carbons (Fsp3) is 0.500. The number of rotatable bonds is 6. The maximum absolute atomic E-state index is 11.9. The van der Waals surface area contributed by atoms with Crippen molar-refractivity contribution >= 4 is 6.47 Å². The first-order chi connectivity index (χ1) is 8.54. The molecule has 0 amide bonds. The lowest BCUT2D eigenvalue weighted by atomic mass is 10.2. The van der Waals surface area contributed by atoms with Crippen molar-refractivity contribution in [1.29, 1.82) is 0 Å². The number of carbonyl (C=O) groups excluding carboxylic acids is 1. The molecule has 1 unspecified atom stereocenters. The van der Waals surface area contributed by atoms with Crippen molar-refractivity contribution < 1.29 is 19.0 Å². The number of hydrogen-bond donors (Lipinski definition) is 0. The van der Waals surface area contributed by atoms with Crippen LogP contribution in [-0.2, 0) is 16.1 Å². The van der Waals surface area contributed by atoms with Crippen LogP contribution >= 0.6 is 0 Å². The van der Waals surface area contributed by atoms with Crippen LogP contribution < -0.4 is 14.9 Å². The molecule has 1 atom stereocenters. The molecule has 0 saturated carbocycles. The highest BCUT2D eigenvalue weighted by atomic mass is 16.5. The van der Waals surface area contributed by atoms with Gasteiger partial charge in [-0.05, 0) is 13.8 Å². The molecule has 1 heterocycles. The second kappa shape index (κ2) is 6.20. The molecule has 0 aliphatic carbocycles. The van der Waals surface area contributed by atoms with Crippen LogP contribution in [0.25, 0.3) is 0 Å². The molecule has 0 saturated heterocycles. The second-order valence-electron chi connectivity index (χ2n) is 3.85. The Morgan fingerprint density at radius 3 is 2.61 bits per heavy atom. The van der Waals surface area contributed by atoms with Crippen molar-refractivity contribution in [2.75, 3.05) is 14.2 Å². The summed E-state index contributed by atoms with van der Waals surface area (Å²) < 4.78 is 16.6. The molecule has 1 aromatic rings. The molecule has 6 heteroatoms. The smallest absolute Gasteiger partial charge is 0.298 e. The van der Waals surface area contributed by atoms with E-state index in [1.165, 1.54) is 13.3 Å². The van der Waals surface area contributed by atoms with Crippen molar-refractivity contribution in [3.63, 3.8) is 0 Å². The Balaban J connectivity index is 3.29. The van der Waals surface area contributed by atoms with Gasteiger partial charge in [-0.25, -0.2) is 0 Å². The van der Waals surface area contributed by atoms with E-state index < -0.39 is 5.43 Å². The minimum Gasteiger partial charge on any atom is -0.491 e. The van der Waals surface area contributed by atoms with E-state index >= 15 is 0 Å². The van der Waals surface area contributed by atoms with Gasteiger partial charge in [0, 0.05) is 13.7 Å². The number of carbonyl (C=O) groups is 1. The summed E-state index contributed by atoms with van der Waals surface area (Å²) in [6.07, 6.45) is 1.43. The molecular formula is C12H17NO5. The maximum Gasteiger partial charge on any atom is 0.298 e. The minimum absolute atomic E-state index is 0.0417. The van der Waals surface area contributed by atoms with Crippen LogP contribution in [0.1, 0.15) is 12.6 Å². The molecule has 18 heavy (non-hydrogen) atoms. The topological polar surface area (TPSA) is 66.8 Å². The first-order valence-corrected chi connectivity index (χ1v) is 5.46. The zero-order valence-electron chi connectivity index (χ0n) is 10.9. The molecule has 0 N–H and O–H groups in total. The largest absolute Gasteiger partial charge is 0.491 e. The molecular weight excluding hydrogens is 238 g/mol. The first-order valence-electron chi connectivity index (χ1n) is 5.46. The molecule has 0 aliphatic heterocycles. The van der Waals surface area contributed by atoms with Crippen LogP contribution in [-0.4, -0.2) is 31.4 Å². The molecule has 100 valence electrons. The van der Waals surface area contributed by atoms with Crippen LogP contribution in [0.2, 0.25) is 0 Å². The third kappa shape index (κ3) is 2.89. The average Bonchev–Trinajstić information content (AvgIpc) is 2.36. The molecule has 0 spiro atoms. The van der Waals surface area contributed by atoms with Gasteiger partial charge >= 0.3 is 0 Å². The van der Waals surface area contributed by atoms with Crippen molar-refractivity contribution in [3.05, 3.63) is 22.1 Å². The van der Waals surface area contributed by atoms with Gasteiger partial charge in [0.2, 0.25) is 0 Å². The molecule has 0 fully saturated rings. The summed E-state index contributed by atoms with van der Waals surface area (Å²) in [6.45, 7) is 4.39. The van der Waals surface area contributed by atoms with Crippen molar-refractivity contribution in [3.8, 4) is 11.5 Å². The average molecular weight is 255 g/mol. The summed E-state index contributed by atoms with van der Waals surface area (Å²) in [6, 6.07) is 0. The van der Waals surface area contributed by atoms with Gasteiger partial charge in [-0.1, -0.05) is 0 Å². The quantitative estimate of drug-likeness (QED) is 0.701. The summed E-state index contributed by atoms with van der Waals surface area (Å²) in [5.41, 5.74) is 0.216. The van der Waals surface area contributed by atoms with Gasteiger partial charge < -0.3 is 18.8 Å². The lowest BCUT2D eigenvalue weighted by molar-refractivity contribution is -0.120. The van der Waals surface area contributed by atoms with Gasteiger partial charge in [0.15, 0.2) is 11.5 Å². The Morgan fingerprint density at radius 2 is 2.11 bits per heavy atom. The van der Waals surface area contributed by atoms with E-state index in [0.717, 1.165) is 0 Å². The first kappa shape index (κ1) is 14.2. The second-order valence-corrected chi connectivity index (χ2v) is 3.85. The Morgan fingerprint density at radius 1 is 1.44 bits per heavy atom. The molecule has 1 rings (SSSR count). The van der Waals surface area contributed by atoms with Gasteiger partial charge in [0.1, 0.15) is 0 Å². The summed E-state index contributed by atoms with van der Waals surface area (Å²) in [4.78, 5) is 22.2. The Hall–Kier alpha value is -1.82. The summed E-state index contributed by atoms with van der Waals surface area (Å²) in [7, 11) is 3.00. The molecule has 0 aromatic carbocycles. The number of hydrogen-bond acceptors (Lipinski definition) is 5. The van der Waals surface area contributed by atoms with Crippen LogP contribution in [0, 0.1) is 6.92 Å². The normalized spacial score (nSPS) is 12.0. The number of pyridine rings is 1. The fourth-order valence-corrected chi connectivity index (χ4v) is 1.62. The Kier molecular flexibility index (Phi) is 4.91. The summed E-state index contributed by atoms with van der Waals surface area (Å²) in [5, 5.41) is 0. The predicted octanol–water partition coefficient (Wildman–Crippen LogP) is 0.735. The highest BCUT2D eigenvalue weighted by Gasteiger charge is 2.15. The zero-order valence-corrected chi connectivity index (χ0v) is 10.9. The standard InChI is InChI=1S/C12H17NO5/c1-8(16-3)5-13-6-10(18-7-14)11(15)12(17-4)9(13)2/h6-8H,5H2,1-4H3. The van der Waals surface area contributed by atoms with Gasteiger partial charge in [-0.15, -0.1) is 0 Å². The third-order valence-corrected chi connectivity index (χ3v) is 2.70. The van der Waals surface area contributed by atoms with E-state index in [1.807, 2.05) is 6.92 Å². The van der Waals surface area contributed by atoms with Crippen molar-refractivity contribution in [2.24, 2.45) is 0 Å². The van der Waals surface area contributed by atoms with E-state index in [2.05, 4.69) is 4.74 Å². The van der Waals surface area contributed by atoms with Crippen LogP contribution in [0.4, 0.5) is 0 Å². The van der Waals surface area contributed by atoms with Crippen LogP contribution in [0.5, 0.6) is 11.5 Å². The Bertz CT molecular complexity index is 480. The number of aromatic nitrogens is 1. The molecule has 0 bridgehead atoms. The molecule has 6 nitrogen and oxygen atoms in total. The number of nitrogens with zero attached hydrogens (tertiary/aromatic N) is 1. The Labute approximate surface area is 105 Å². The molecule has 0 radical (unpaired) electrons. The lowest BCUT2D eigenvalue weighted by Crippen LogP contribution is -2.21. The molecule has 1 aromatic heterocycles. The SMILES string of the molecule is COc1c(C)n(CC(C)OC)cc(OC=O)c1=O. The van der Waals surface area contributed by atoms with Gasteiger partial charge in [0.05, 0.1) is 25.1 Å². The third-order valence-electron chi connectivity index (χ3n) is 2.70. The van der Waals surface area contributed by atoms with Crippen molar-refractivity contribution in [1.82, 2.24) is 4.57 Å². The number of methoxy groups -OCH3 is 2. The summed E-state index contributed by atoms with van der Waals surface area (Å²) in [5.74, 6) is 0.105. The van der Waals surface area contributed by atoms with E-state index in [-0.39, 0.29) is 24.1 Å². The monoisotopic (exact) mass is 255 g/mol. The van der Waals surface area contributed by atoms with Gasteiger partial charge in [0.25, 0.3) is 11.9 Å². The lowest BCUT2D eigenvalue weighted by Gasteiger charge is -2.18. The van der Waals surface area contributed by atoms with Gasteiger partial charge in [-0.3, -0.25) is 9.59 Å². The van der Waals surface area contributed by atoms with E-state index in [9.17, 15) is 9.59 Å². The predicted molar refractivity (Wildman–Crippen MR) is 65.2 cm³/mol. The minimum atomic E-state index is -0.441. The zero-order chi connectivity index (χ0) is 13.7. The number of ether oxygens (including phenoxy) is 3. The maximum atomic E-state index is 11.9.